The maximum Gasteiger partial charge on any atom is 0.244 e. The van der Waals surface area contributed by atoms with Crippen LogP contribution in [0.25, 0.3) is 0 Å². The molecule has 1 aromatic carbocycles. The topological polar surface area (TPSA) is 46.3 Å². The predicted octanol–water partition coefficient (Wildman–Crippen LogP) is 1.14. The minimum atomic E-state index is -0.329. The molecule has 0 saturated carbocycles. The van der Waals surface area contributed by atoms with E-state index in [2.05, 4.69) is 0 Å². The molecule has 3 nitrogen and oxygen atoms in total. The monoisotopic (exact) mass is 190 g/mol. The molecule has 2 atom stereocenters. The number of hydrogen-bond acceptors (Lipinski definition) is 2. The zero-order valence-electron chi connectivity index (χ0n) is 8.18. The van der Waals surface area contributed by atoms with E-state index in [-0.39, 0.29) is 18.0 Å². The highest BCUT2D eigenvalue weighted by Gasteiger charge is 2.35. The van der Waals surface area contributed by atoms with Crippen LogP contribution in [0.5, 0.6) is 0 Å². The standard InChI is InChI=1S/C11H14N2O/c1-8-7-10(12)11(14)13(8)9-5-3-2-4-6-9/h2-6,8,10H,7,12H2,1H3/t8-,10+/m1/s1. The van der Waals surface area contributed by atoms with Crippen molar-refractivity contribution >= 4 is 11.6 Å². The third kappa shape index (κ3) is 1.40. The Labute approximate surface area is 83.5 Å². The van der Waals surface area contributed by atoms with Crippen molar-refractivity contribution < 1.29 is 4.79 Å². The van der Waals surface area contributed by atoms with Gasteiger partial charge in [0, 0.05) is 11.7 Å². The van der Waals surface area contributed by atoms with Gasteiger partial charge in [0.15, 0.2) is 0 Å². The number of nitrogens with zero attached hydrogens (tertiary/aromatic N) is 1. The summed E-state index contributed by atoms with van der Waals surface area (Å²) in [4.78, 5) is 13.5. The lowest BCUT2D eigenvalue weighted by molar-refractivity contribution is -0.118. The fourth-order valence-electron chi connectivity index (χ4n) is 1.94. The van der Waals surface area contributed by atoms with E-state index in [1.54, 1.807) is 4.90 Å². The first-order valence-electron chi connectivity index (χ1n) is 4.84. The van der Waals surface area contributed by atoms with Gasteiger partial charge in [0.25, 0.3) is 0 Å². The number of anilines is 1. The van der Waals surface area contributed by atoms with E-state index in [0.29, 0.717) is 0 Å². The van der Waals surface area contributed by atoms with Crippen LogP contribution in [0.15, 0.2) is 30.3 Å². The van der Waals surface area contributed by atoms with Crippen LogP contribution >= 0.6 is 0 Å². The van der Waals surface area contributed by atoms with Crippen LogP contribution < -0.4 is 10.6 Å². The molecule has 1 aliphatic rings. The maximum absolute atomic E-state index is 11.7. The van der Waals surface area contributed by atoms with Crippen LogP contribution in [0, 0.1) is 0 Å². The summed E-state index contributed by atoms with van der Waals surface area (Å²) in [5.74, 6) is 0.0312. The third-order valence-electron chi connectivity index (χ3n) is 2.62. The molecular weight excluding hydrogens is 176 g/mol. The van der Waals surface area contributed by atoms with Crippen LogP contribution in [-0.4, -0.2) is 18.0 Å². The molecule has 1 aromatic rings. The van der Waals surface area contributed by atoms with E-state index in [1.165, 1.54) is 0 Å². The van der Waals surface area contributed by atoms with Gasteiger partial charge in [-0.1, -0.05) is 18.2 Å². The van der Waals surface area contributed by atoms with Gasteiger partial charge >= 0.3 is 0 Å². The fraction of sp³-hybridized carbons (Fsp3) is 0.364. The first-order chi connectivity index (χ1) is 6.70. The molecule has 0 spiro atoms. The Kier molecular flexibility index (Phi) is 2.25. The Morgan fingerprint density at radius 3 is 2.50 bits per heavy atom. The summed E-state index contributed by atoms with van der Waals surface area (Å²) >= 11 is 0. The number of rotatable bonds is 1. The average molecular weight is 190 g/mol. The van der Waals surface area contributed by atoms with Crippen molar-refractivity contribution in [1.82, 2.24) is 0 Å². The second kappa shape index (κ2) is 3.42. The number of amides is 1. The van der Waals surface area contributed by atoms with Gasteiger partial charge in [-0.25, -0.2) is 0 Å². The van der Waals surface area contributed by atoms with Crippen molar-refractivity contribution in [1.29, 1.82) is 0 Å². The smallest absolute Gasteiger partial charge is 0.244 e. The number of carbonyl (C=O) groups excluding carboxylic acids is 1. The van der Waals surface area contributed by atoms with Crippen molar-refractivity contribution in [3.8, 4) is 0 Å². The van der Waals surface area contributed by atoms with Gasteiger partial charge in [-0.2, -0.15) is 0 Å². The normalized spacial score (nSPS) is 27.0. The average Bonchev–Trinajstić information content (AvgIpc) is 2.43. The molecule has 0 bridgehead atoms. The fourth-order valence-corrected chi connectivity index (χ4v) is 1.94. The van der Waals surface area contributed by atoms with Crippen molar-refractivity contribution in [2.24, 2.45) is 5.73 Å². The Balaban J connectivity index is 2.31. The van der Waals surface area contributed by atoms with E-state index in [9.17, 15) is 4.79 Å². The van der Waals surface area contributed by atoms with E-state index in [1.807, 2.05) is 37.3 Å². The van der Waals surface area contributed by atoms with Gasteiger partial charge in [-0.15, -0.1) is 0 Å². The van der Waals surface area contributed by atoms with Crippen molar-refractivity contribution in [3.63, 3.8) is 0 Å². The summed E-state index contributed by atoms with van der Waals surface area (Å²) in [6.07, 6.45) is 0.744. The predicted molar refractivity (Wildman–Crippen MR) is 56.0 cm³/mol. The summed E-state index contributed by atoms with van der Waals surface area (Å²) in [6.45, 7) is 2.03. The van der Waals surface area contributed by atoms with Gasteiger partial charge < -0.3 is 10.6 Å². The lowest BCUT2D eigenvalue weighted by atomic mass is 10.2. The first kappa shape index (κ1) is 9.21. The molecule has 0 aromatic heterocycles. The van der Waals surface area contributed by atoms with Crippen LogP contribution in [0.1, 0.15) is 13.3 Å². The SMILES string of the molecule is C[C@@H]1C[C@H](N)C(=O)N1c1ccccc1. The van der Waals surface area contributed by atoms with Gasteiger partial charge in [-0.05, 0) is 25.5 Å². The lowest BCUT2D eigenvalue weighted by Crippen LogP contribution is -2.35. The summed E-state index contributed by atoms with van der Waals surface area (Å²) in [5.41, 5.74) is 6.65. The highest BCUT2D eigenvalue weighted by molar-refractivity contribution is 5.99. The molecule has 0 aliphatic carbocycles. The summed E-state index contributed by atoms with van der Waals surface area (Å²) in [7, 11) is 0. The van der Waals surface area contributed by atoms with Crippen LogP contribution in [0.3, 0.4) is 0 Å². The highest BCUT2D eigenvalue weighted by Crippen LogP contribution is 2.25. The van der Waals surface area contributed by atoms with Crippen molar-refractivity contribution in [3.05, 3.63) is 30.3 Å². The number of benzene rings is 1. The molecule has 1 saturated heterocycles. The maximum atomic E-state index is 11.7. The first-order valence-corrected chi connectivity index (χ1v) is 4.84. The Morgan fingerprint density at radius 1 is 1.36 bits per heavy atom. The molecule has 1 amide bonds. The van der Waals surface area contributed by atoms with Gasteiger partial charge in [-0.3, -0.25) is 4.79 Å². The number of para-hydroxylation sites is 1. The molecule has 1 aliphatic heterocycles. The van der Waals surface area contributed by atoms with Gasteiger partial charge in [0.1, 0.15) is 0 Å². The molecular formula is C11H14N2O. The van der Waals surface area contributed by atoms with E-state index >= 15 is 0 Å². The summed E-state index contributed by atoms with van der Waals surface area (Å²) in [5, 5.41) is 0. The minimum Gasteiger partial charge on any atom is -0.320 e. The Morgan fingerprint density at radius 2 is 2.00 bits per heavy atom. The van der Waals surface area contributed by atoms with Crippen LogP contribution in [0.2, 0.25) is 0 Å². The largest absolute Gasteiger partial charge is 0.320 e. The molecule has 1 fully saturated rings. The quantitative estimate of drug-likeness (QED) is 0.721. The van der Waals surface area contributed by atoms with E-state index in [4.69, 9.17) is 5.73 Å². The van der Waals surface area contributed by atoms with Crippen LogP contribution in [-0.2, 0) is 4.79 Å². The van der Waals surface area contributed by atoms with Crippen molar-refractivity contribution in [2.75, 3.05) is 4.90 Å². The van der Waals surface area contributed by atoms with Crippen molar-refractivity contribution in [2.45, 2.75) is 25.4 Å². The molecule has 2 N–H and O–H groups in total. The molecule has 1 heterocycles. The van der Waals surface area contributed by atoms with Crippen LogP contribution in [0.4, 0.5) is 5.69 Å². The molecule has 0 unspecified atom stereocenters. The lowest BCUT2D eigenvalue weighted by Gasteiger charge is -2.21. The Bertz CT molecular complexity index is 336. The molecule has 2 rings (SSSR count). The zero-order chi connectivity index (χ0) is 10.1. The third-order valence-corrected chi connectivity index (χ3v) is 2.62. The Hall–Kier alpha value is -1.35. The minimum absolute atomic E-state index is 0.0312. The number of carbonyl (C=O) groups is 1. The second-order valence-corrected chi connectivity index (χ2v) is 3.74. The van der Waals surface area contributed by atoms with Gasteiger partial charge in [0.05, 0.1) is 6.04 Å². The zero-order valence-corrected chi connectivity index (χ0v) is 8.18. The highest BCUT2D eigenvalue weighted by atomic mass is 16.2. The number of nitrogens with two attached hydrogens (primary N) is 1. The number of hydrogen-bond donors (Lipinski definition) is 1. The van der Waals surface area contributed by atoms with E-state index in [0.717, 1.165) is 12.1 Å². The van der Waals surface area contributed by atoms with Gasteiger partial charge in [0.2, 0.25) is 5.91 Å². The summed E-state index contributed by atoms with van der Waals surface area (Å²) < 4.78 is 0. The second-order valence-electron chi connectivity index (χ2n) is 3.74. The summed E-state index contributed by atoms with van der Waals surface area (Å²) in [6, 6.07) is 9.55. The molecule has 0 radical (unpaired) electrons. The molecule has 74 valence electrons. The molecule has 14 heavy (non-hydrogen) atoms. The van der Waals surface area contributed by atoms with E-state index < -0.39 is 0 Å². The molecule has 3 heteroatoms.